The monoisotopic (exact) mass is 243 g/mol. The summed E-state index contributed by atoms with van der Waals surface area (Å²) in [4.78, 5) is 11.2. The molecule has 4 nitrogen and oxygen atoms in total. The van der Waals surface area contributed by atoms with Gasteiger partial charge >= 0.3 is 5.97 Å². The molecule has 4 heteroatoms. The van der Waals surface area contributed by atoms with Crippen molar-refractivity contribution >= 4 is 5.97 Å². The van der Waals surface area contributed by atoms with Gasteiger partial charge in [0.25, 0.3) is 0 Å². The van der Waals surface area contributed by atoms with Crippen LogP contribution in [0.5, 0.6) is 0 Å². The van der Waals surface area contributed by atoms with Gasteiger partial charge in [0, 0.05) is 13.2 Å². The zero-order valence-electron chi connectivity index (χ0n) is 11.1. The zero-order chi connectivity index (χ0) is 12.8. The molecule has 1 aliphatic carbocycles. The smallest absolute Gasteiger partial charge is 0.320 e. The molecule has 3 unspecified atom stereocenters. The zero-order valence-corrected chi connectivity index (χ0v) is 11.1. The predicted molar refractivity (Wildman–Crippen MR) is 67.1 cm³/mol. The van der Waals surface area contributed by atoms with Crippen LogP contribution in [0.2, 0.25) is 0 Å². The number of nitrogens with one attached hydrogen (secondary N) is 1. The number of carboxylic acids is 1. The minimum Gasteiger partial charge on any atom is -0.480 e. The predicted octanol–water partition coefficient (Wildman–Crippen LogP) is 2.03. The molecule has 0 amide bonds. The summed E-state index contributed by atoms with van der Waals surface area (Å²) in [5, 5.41) is 12.5. The van der Waals surface area contributed by atoms with E-state index in [0.717, 1.165) is 19.3 Å². The highest BCUT2D eigenvalue weighted by atomic mass is 16.5. The van der Waals surface area contributed by atoms with Gasteiger partial charge in [-0.2, -0.15) is 0 Å². The van der Waals surface area contributed by atoms with Crippen LogP contribution in [0.1, 0.15) is 46.0 Å². The minimum atomic E-state index is -0.751. The Morgan fingerprint density at radius 2 is 2.06 bits per heavy atom. The van der Waals surface area contributed by atoms with Crippen molar-refractivity contribution in [1.82, 2.24) is 5.32 Å². The highest BCUT2D eigenvalue weighted by molar-refractivity contribution is 5.73. The Kier molecular flexibility index (Phi) is 5.92. The van der Waals surface area contributed by atoms with Crippen LogP contribution in [0.3, 0.4) is 0 Å². The second kappa shape index (κ2) is 6.97. The highest BCUT2D eigenvalue weighted by Gasteiger charge is 2.29. The van der Waals surface area contributed by atoms with Gasteiger partial charge in [0.1, 0.15) is 6.04 Å². The molecule has 0 aromatic carbocycles. The maximum absolute atomic E-state index is 11.2. The van der Waals surface area contributed by atoms with Gasteiger partial charge in [-0.15, -0.1) is 0 Å². The van der Waals surface area contributed by atoms with Crippen molar-refractivity contribution < 1.29 is 14.6 Å². The van der Waals surface area contributed by atoms with Crippen LogP contribution in [-0.4, -0.2) is 36.4 Å². The first-order valence-corrected chi connectivity index (χ1v) is 6.56. The maximum Gasteiger partial charge on any atom is 0.320 e. The molecule has 0 heterocycles. The van der Waals surface area contributed by atoms with Gasteiger partial charge in [0.05, 0.1) is 6.10 Å². The number of methoxy groups -OCH3 is 1. The van der Waals surface area contributed by atoms with E-state index in [1.807, 2.05) is 13.8 Å². The summed E-state index contributed by atoms with van der Waals surface area (Å²) in [6.45, 7) is 4.10. The lowest BCUT2D eigenvalue weighted by Gasteiger charge is -2.33. The Morgan fingerprint density at radius 1 is 1.41 bits per heavy atom. The topological polar surface area (TPSA) is 58.6 Å². The summed E-state index contributed by atoms with van der Waals surface area (Å²) in [7, 11) is 1.71. The fraction of sp³-hybridized carbons (Fsp3) is 0.923. The van der Waals surface area contributed by atoms with E-state index < -0.39 is 12.0 Å². The van der Waals surface area contributed by atoms with E-state index in [9.17, 15) is 9.90 Å². The SMILES string of the molecule is COC1CCCCC1NC(CC(C)C)C(=O)O. The molecule has 2 N–H and O–H groups in total. The number of carboxylic acid groups (broad SMARTS) is 1. The number of hydrogen-bond acceptors (Lipinski definition) is 3. The highest BCUT2D eigenvalue weighted by Crippen LogP contribution is 2.22. The van der Waals surface area contributed by atoms with Gasteiger partial charge in [0.2, 0.25) is 0 Å². The summed E-state index contributed by atoms with van der Waals surface area (Å²) >= 11 is 0. The quantitative estimate of drug-likeness (QED) is 0.749. The van der Waals surface area contributed by atoms with Crippen molar-refractivity contribution in [2.24, 2.45) is 5.92 Å². The second-order valence-corrected chi connectivity index (χ2v) is 5.35. The fourth-order valence-electron chi connectivity index (χ4n) is 2.54. The van der Waals surface area contributed by atoms with E-state index in [2.05, 4.69) is 5.32 Å². The van der Waals surface area contributed by atoms with Crippen LogP contribution in [0.15, 0.2) is 0 Å². The first-order chi connectivity index (χ1) is 8.04. The summed E-state index contributed by atoms with van der Waals surface area (Å²) < 4.78 is 5.43. The van der Waals surface area contributed by atoms with Crippen molar-refractivity contribution in [1.29, 1.82) is 0 Å². The maximum atomic E-state index is 11.2. The van der Waals surface area contributed by atoms with Crippen LogP contribution in [0.25, 0.3) is 0 Å². The number of aliphatic carboxylic acids is 1. The normalized spacial score (nSPS) is 27.1. The Labute approximate surface area is 104 Å². The fourth-order valence-corrected chi connectivity index (χ4v) is 2.54. The third-order valence-electron chi connectivity index (χ3n) is 3.43. The van der Waals surface area contributed by atoms with Gasteiger partial charge in [-0.1, -0.05) is 26.7 Å². The first kappa shape index (κ1) is 14.5. The molecule has 1 rings (SSSR count). The van der Waals surface area contributed by atoms with E-state index in [1.165, 1.54) is 6.42 Å². The Balaban J connectivity index is 2.54. The Bertz CT molecular complexity index is 243. The van der Waals surface area contributed by atoms with Crippen LogP contribution in [0, 0.1) is 5.92 Å². The molecule has 1 fully saturated rings. The van der Waals surface area contributed by atoms with Crippen molar-refractivity contribution in [2.75, 3.05) is 7.11 Å². The molecule has 0 bridgehead atoms. The van der Waals surface area contributed by atoms with Crippen LogP contribution < -0.4 is 5.32 Å². The van der Waals surface area contributed by atoms with Crippen LogP contribution in [0.4, 0.5) is 0 Å². The van der Waals surface area contributed by atoms with Gasteiger partial charge in [0.15, 0.2) is 0 Å². The van der Waals surface area contributed by atoms with E-state index in [0.29, 0.717) is 12.3 Å². The van der Waals surface area contributed by atoms with E-state index in [4.69, 9.17) is 4.74 Å². The van der Waals surface area contributed by atoms with Crippen molar-refractivity contribution in [3.05, 3.63) is 0 Å². The number of carbonyl (C=O) groups is 1. The summed E-state index contributed by atoms with van der Waals surface area (Å²) in [6, 6.07) is -0.260. The van der Waals surface area contributed by atoms with Gasteiger partial charge in [-0.3, -0.25) is 10.1 Å². The molecule has 3 atom stereocenters. The third kappa shape index (κ3) is 4.64. The molecule has 0 radical (unpaired) electrons. The Hall–Kier alpha value is -0.610. The van der Waals surface area contributed by atoms with Gasteiger partial charge in [-0.05, 0) is 25.2 Å². The van der Waals surface area contributed by atoms with Crippen molar-refractivity contribution in [3.63, 3.8) is 0 Å². The molecule has 1 saturated carbocycles. The third-order valence-corrected chi connectivity index (χ3v) is 3.43. The summed E-state index contributed by atoms with van der Waals surface area (Å²) in [6.07, 6.45) is 5.22. The summed E-state index contributed by atoms with van der Waals surface area (Å²) in [5.41, 5.74) is 0. The lowest BCUT2D eigenvalue weighted by molar-refractivity contribution is -0.140. The molecule has 0 aromatic heterocycles. The number of rotatable bonds is 6. The van der Waals surface area contributed by atoms with Crippen LogP contribution >= 0.6 is 0 Å². The largest absolute Gasteiger partial charge is 0.480 e. The molecule has 0 aromatic rings. The number of ether oxygens (including phenoxy) is 1. The van der Waals surface area contributed by atoms with E-state index in [1.54, 1.807) is 7.11 Å². The Morgan fingerprint density at radius 3 is 2.59 bits per heavy atom. The van der Waals surface area contributed by atoms with Crippen molar-refractivity contribution in [3.8, 4) is 0 Å². The van der Waals surface area contributed by atoms with Crippen LogP contribution in [-0.2, 0) is 9.53 Å². The van der Waals surface area contributed by atoms with Gasteiger partial charge in [-0.25, -0.2) is 0 Å². The standard InChI is InChI=1S/C13H25NO3/c1-9(2)8-11(13(15)16)14-10-6-4-5-7-12(10)17-3/h9-12,14H,4-8H2,1-3H3,(H,15,16). The van der Waals surface area contributed by atoms with Crippen molar-refractivity contribution in [2.45, 2.75) is 64.1 Å². The lowest BCUT2D eigenvalue weighted by atomic mass is 9.91. The van der Waals surface area contributed by atoms with E-state index >= 15 is 0 Å². The first-order valence-electron chi connectivity index (χ1n) is 6.56. The molecular weight excluding hydrogens is 218 g/mol. The molecule has 0 saturated heterocycles. The molecule has 0 spiro atoms. The molecule has 100 valence electrons. The molecule has 1 aliphatic rings. The lowest BCUT2D eigenvalue weighted by Crippen LogP contribution is -2.51. The van der Waals surface area contributed by atoms with E-state index in [-0.39, 0.29) is 12.1 Å². The van der Waals surface area contributed by atoms with Gasteiger partial charge < -0.3 is 9.84 Å². The molecule has 17 heavy (non-hydrogen) atoms. The average molecular weight is 243 g/mol. The summed E-state index contributed by atoms with van der Waals surface area (Å²) in [5.74, 6) is -0.368. The average Bonchev–Trinajstić information content (AvgIpc) is 2.28. The second-order valence-electron chi connectivity index (χ2n) is 5.35. The molecular formula is C13H25NO3. The molecule has 0 aliphatic heterocycles. The minimum absolute atomic E-state index is 0.165. The number of hydrogen-bond donors (Lipinski definition) is 2.